The van der Waals surface area contributed by atoms with Crippen molar-refractivity contribution in [2.45, 2.75) is 58.2 Å². The molecule has 1 aromatic rings. The van der Waals surface area contributed by atoms with Crippen LogP contribution in [0.25, 0.3) is 0 Å². The molecule has 1 unspecified atom stereocenters. The maximum absolute atomic E-state index is 13.1. The molecule has 6 nitrogen and oxygen atoms in total. The highest BCUT2D eigenvalue weighted by Crippen LogP contribution is 2.35. The van der Waals surface area contributed by atoms with Crippen LogP contribution in [0.15, 0.2) is 18.2 Å². The number of hydrogen-bond acceptors (Lipinski definition) is 3. The smallest absolute Gasteiger partial charge is 0.339 e. The Morgan fingerprint density at radius 3 is 2.33 bits per heavy atom. The van der Waals surface area contributed by atoms with Crippen molar-refractivity contribution < 1.29 is 27.6 Å². The highest BCUT2D eigenvalue weighted by Gasteiger charge is 2.39. The number of amides is 3. The molecule has 1 atom stereocenters. The molecule has 3 rings (SSSR count). The quantitative estimate of drug-likeness (QED) is 0.765. The summed E-state index contributed by atoms with van der Waals surface area (Å²) < 4.78 is 39.3. The number of nitrogens with zero attached hydrogens (tertiary/aromatic N) is 1. The van der Waals surface area contributed by atoms with E-state index in [2.05, 4.69) is 17.6 Å². The summed E-state index contributed by atoms with van der Waals surface area (Å²) in [5.74, 6) is -1.11. The number of carbonyl (C=O) groups excluding carboxylic acids is 3. The molecule has 1 aliphatic carbocycles. The third kappa shape index (κ3) is 5.12. The van der Waals surface area contributed by atoms with Gasteiger partial charge in [0, 0.05) is 25.9 Å². The van der Waals surface area contributed by atoms with Crippen LogP contribution in [0.5, 0.6) is 0 Å². The van der Waals surface area contributed by atoms with Gasteiger partial charge < -0.3 is 15.5 Å². The van der Waals surface area contributed by atoms with Gasteiger partial charge in [-0.3, -0.25) is 14.4 Å². The van der Waals surface area contributed by atoms with Crippen LogP contribution >= 0.6 is 0 Å². The van der Waals surface area contributed by atoms with Gasteiger partial charge in [0.05, 0.1) is 22.9 Å². The molecule has 1 aromatic carbocycles. The number of anilines is 2. The number of halogens is 3. The third-order valence-corrected chi connectivity index (χ3v) is 5.87. The van der Waals surface area contributed by atoms with Gasteiger partial charge in [-0.05, 0) is 49.8 Å². The van der Waals surface area contributed by atoms with Crippen LogP contribution in [0, 0.1) is 11.8 Å². The first-order valence-electron chi connectivity index (χ1n) is 10.1. The minimum absolute atomic E-state index is 0.0340. The third-order valence-electron chi connectivity index (χ3n) is 5.87. The second-order valence-corrected chi connectivity index (χ2v) is 8.29. The average molecular weight is 425 g/mol. The van der Waals surface area contributed by atoms with Gasteiger partial charge in [0.1, 0.15) is 0 Å². The fourth-order valence-electron chi connectivity index (χ4n) is 4.17. The van der Waals surface area contributed by atoms with E-state index in [1.54, 1.807) is 4.90 Å². The van der Waals surface area contributed by atoms with E-state index in [0.717, 1.165) is 43.9 Å². The van der Waals surface area contributed by atoms with E-state index >= 15 is 0 Å². The first-order valence-corrected chi connectivity index (χ1v) is 10.1. The second-order valence-electron chi connectivity index (χ2n) is 8.29. The van der Waals surface area contributed by atoms with E-state index in [1.807, 2.05) is 0 Å². The van der Waals surface area contributed by atoms with E-state index in [0.29, 0.717) is 5.92 Å². The summed E-state index contributed by atoms with van der Waals surface area (Å²) in [7, 11) is 0. The molecular weight excluding hydrogens is 399 g/mol. The molecule has 0 aromatic heterocycles. The minimum Gasteiger partial charge on any atom is -0.339 e. The first kappa shape index (κ1) is 22.1. The molecule has 3 amide bonds. The summed E-state index contributed by atoms with van der Waals surface area (Å²) in [6.07, 6.45) is -0.673. The van der Waals surface area contributed by atoms with E-state index < -0.39 is 29.5 Å². The fourth-order valence-corrected chi connectivity index (χ4v) is 4.17. The molecule has 9 heteroatoms. The summed E-state index contributed by atoms with van der Waals surface area (Å²) in [4.78, 5) is 38.3. The van der Waals surface area contributed by atoms with Crippen LogP contribution < -0.4 is 10.6 Å². The topological polar surface area (TPSA) is 78.5 Å². The second kappa shape index (κ2) is 8.65. The molecule has 2 fully saturated rings. The van der Waals surface area contributed by atoms with Crippen molar-refractivity contribution in [3.63, 3.8) is 0 Å². The lowest BCUT2D eigenvalue weighted by molar-refractivity contribution is -0.137. The molecule has 164 valence electrons. The predicted molar refractivity (Wildman–Crippen MR) is 106 cm³/mol. The van der Waals surface area contributed by atoms with Crippen molar-refractivity contribution in [1.82, 2.24) is 4.90 Å². The van der Waals surface area contributed by atoms with E-state index in [4.69, 9.17) is 0 Å². The van der Waals surface area contributed by atoms with Crippen LogP contribution in [0.4, 0.5) is 24.5 Å². The zero-order chi connectivity index (χ0) is 22.1. The molecule has 0 bridgehead atoms. The van der Waals surface area contributed by atoms with Gasteiger partial charge in [0.15, 0.2) is 0 Å². The van der Waals surface area contributed by atoms with Gasteiger partial charge in [0.2, 0.25) is 17.7 Å². The van der Waals surface area contributed by atoms with Crippen molar-refractivity contribution in [1.29, 1.82) is 0 Å². The highest BCUT2D eigenvalue weighted by molar-refractivity contribution is 6.01. The Kier molecular flexibility index (Phi) is 6.38. The number of likely N-dealkylation sites (tertiary alicyclic amines) is 1. The molecule has 1 saturated carbocycles. The maximum Gasteiger partial charge on any atom is 0.416 e. The Morgan fingerprint density at radius 1 is 1.07 bits per heavy atom. The number of nitrogens with one attached hydrogen (secondary N) is 2. The van der Waals surface area contributed by atoms with Crippen LogP contribution in [0.2, 0.25) is 0 Å². The maximum atomic E-state index is 13.1. The Morgan fingerprint density at radius 2 is 1.73 bits per heavy atom. The standard InChI is InChI=1S/C21H26F3N3O3/c1-12-3-6-16(7-4-12)27-11-14(9-19(27)29)20(30)26-18-10-15(21(22,23)24)5-8-17(18)25-13(2)28/h5,8,10,12,14,16H,3-4,6-7,9,11H2,1-2H3,(H,25,28)(H,26,30). The monoisotopic (exact) mass is 425 g/mol. The van der Waals surface area contributed by atoms with Crippen molar-refractivity contribution in [3.8, 4) is 0 Å². The molecule has 0 radical (unpaired) electrons. The Hall–Kier alpha value is -2.58. The molecule has 1 heterocycles. The predicted octanol–water partition coefficient (Wildman–Crippen LogP) is 4.03. The Balaban J connectivity index is 1.73. The van der Waals surface area contributed by atoms with E-state index in [1.165, 1.54) is 6.92 Å². The van der Waals surface area contributed by atoms with Crippen molar-refractivity contribution in [2.75, 3.05) is 17.2 Å². The van der Waals surface area contributed by atoms with E-state index in [9.17, 15) is 27.6 Å². The molecule has 1 saturated heterocycles. The summed E-state index contributed by atoms with van der Waals surface area (Å²) in [5, 5.41) is 4.91. The summed E-state index contributed by atoms with van der Waals surface area (Å²) in [6, 6.07) is 2.86. The summed E-state index contributed by atoms with van der Waals surface area (Å²) in [6.45, 7) is 3.67. The molecule has 0 spiro atoms. The van der Waals surface area contributed by atoms with Crippen molar-refractivity contribution in [3.05, 3.63) is 23.8 Å². The van der Waals surface area contributed by atoms with Crippen molar-refractivity contribution in [2.24, 2.45) is 11.8 Å². The zero-order valence-electron chi connectivity index (χ0n) is 17.0. The van der Waals surface area contributed by atoms with Crippen LogP contribution in [-0.2, 0) is 20.6 Å². The van der Waals surface area contributed by atoms with Gasteiger partial charge in [-0.1, -0.05) is 6.92 Å². The largest absolute Gasteiger partial charge is 0.416 e. The molecular formula is C21H26F3N3O3. The number of hydrogen-bond donors (Lipinski definition) is 2. The number of rotatable bonds is 4. The van der Waals surface area contributed by atoms with Crippen LogP contribution in [0.3, 0.4) is 0 Å². The van der Waals surface area contributed by atoms with Gasteiger partial charge in [0.25, 0.3) is 0 Å². The lowest BCUT2D eigenvalue weighted by Crippen LogP contribution is -2.39. The molecule has 2 aliphatic rings. The van der Waals surface area contributed by atoms with Gasteiger partial charge in [-0.25, -0.2) is 0 Å². The first-order chi connectivity index (χ1) is 14.0. The lowest BCUT2D eigenvalue weighted by atomic mass is 9.87. The number of benzene rings is 1. The number of alkyl halides is 3. The van der Waals surface area contributed by atoms with Crippen LogP contribution in [0.1, 0.15) is 51.5 Å². The van der Waals surface area contributed by atoms with E-state index in [-0.39, 0.29) is 36.3 Å². The normalized spacial score (nSPS) is 24.6. The summed E-state index contributed by atoms with van der Waals surface area (Å²) in [5.41, 5.74) is -0.999. The van der Waals surface area contributed by atoms with Gasteiger partial charge in [-0.15, -0.1) is 0 Å². The molecule has 30 heavy (non-hydrogen) atoms. The zero-order valence-corrected chi connectivity index (χ0v) is 17.0. The van der Waals surface area contributed by atoms with Gasteiger partial charge in [-0.2, -0.15) is 13.2 Å². The summed E-state index contributed by atoms with van der Waals surface area (Å²) >= 11 is 0. The average Bonchev–Trinajstić information content (AvgIpc) is 3.04. The SMILES string of the molecule is CC(=O)Nc1ccc(C(F)(F)F)cc1NC(=O)C1CC(=O)N(C2CCC(C)CC2)C1. The number of carbonyl (C=O) groups is 3. The molecule has 2 N–H and O–H groups in total. The highest BCUT2D eigenvalue weighted by atomic mass is 19.4. The van der Waals surface area contributed by atoms with Gasteiger partial charge >= 0.3 is 6.18 Å². The van der Waals surface area contributed by atoms with Crippen molar-refractivity contribution >= 4 is 29.1 Å². The Labute approximate surface area is 173 Å². The Bertz CT molecular complexity index is 833. The molecule has 1 aliphatic heterocycles. The fraction of sp³-hybridized carbons (Fsp3) is 0.571. The van der Waals surface area contributed by atoms with Crippen LogP contribution in [-0.4, -0.2) is 35.2 Å². The lowest BCUT2D eigenvalue weighted by Gasteiger charge is -2.33. The minimum atomic E-state index is -4.59.